The molecule has 6 heteroatoms. The number of primary amides is 1. The van der Waals surface area contributed by atoms with Gasteiger partial charge in [0.2, 0.25) is 5.91 Å². The molecule has 2 amide bonds. The summed E-state index contributed by atoms with van der Waals surface area (Å²) in [6, 6.07) is 21.2. The number of benzene rings is 4. The van der Waals surface area contributed by atoms with Gasteiger partial charge in [0.1, 0.15) is 5.75 Å². The van der Waals surface area contributed by atoms with Crippen LogP contribution in [0.1, 0.15) is 32.6 Å². The number of phenolic OH excluding ortho intramolecular Hbond substituents is 1. The van der Waals surface area contributed by atoms with Crippen LogP contribution in [0.5, 0.6) is 5.75 Å². The molecule has 1 aromatic heterocycles. The number of nitrogens with two attached hydrogens (primary N) is 1. The minimum Gasteiger partial charge on any atom is -0.508 e. The highest BCUT2D eigenvalue weighted by Gasteiger charge is 2.30. The molecular formula is C30H25N3O3. The van der Waals surface area contributed by atoms with Crippen LogP contribution in [0.25, 0.3) is 32.9 Å². The second-order valence-corrected chi connectivity index (χ2v) is 9.52. The van der Waals surface area contributed by atoms with Crippen LogP contribution in [0.2, 0.25) is 0 Å². The number of fused-ring (bicyclic) bond motifs is 4. The van der Waals surface area contributed by atoms with Crippen LogP contribution in [-0.2, 0) is 17.8 Å². The van der Waals surface area contributed by atoms with E-state index in [0.717, 1.165) is 66.4 Å². The van der Waals surface area contributed by atoms with Gasteiger partial charge in [0, 0.05) is 28.1 Å². The van der Waals surface area contributed by atoms with E-state index >= 15 is 0 Å². The minimum atomic E-state index is -0.411. The Hall–Kier alpha value is -4.58. The lowest BCUT2D eigenvalue weighted by molar-refractivity contribution is -0.117. The van der Waals surface area contributed by atoms with Gasteiger partial charge in [-0.25, -0.2) is 0 Å². The fourth-order valence-electron chi connectivity index (χ4n) is 5.43. The van der Waals surface area contributed by atoms with E-state index in [1.165, 1.54) is 0 Å². The first-order valence-corrected chi connectivity index (χ1v) is 11.9. The first kappa shape index (κ1) is 21.9. The van der Waals surface area contributed by atoms with Crippen LogP contribution < -0.4 is 10.6 Å². The molecule has 6 nitrogen and oxygen atoms in total. The summed E-state index contributed by atoms with van der Waals surface area (Å²) in [6.07, 6.45) is 0.106. The van der Waals surface area contributed by atoms with Crippen molar-refractivity contribution in [2.45, 2.75) is 26.8 Å². The number of H-pyrrole nitrogens is 1. The summed E-state index contributed by atoms with van der Waals surface area (Å²) in [5.74, 6) is -0.239. The van der Waals surface area contributed by atoms with E-state index in [4.69, 9.17) is 5.73 Å². The number of aryl methyl sites for hydroxylation is 1. The van der Waals surface area contributed by atoms with Gasteiger partial charge in [0.05, 0.1) is 24.0 Å². The Labute approximate surface area is 208 Å². The lowest BCUT2D eigenvalue weighted by Crippen LogP contribution is -2.24. The maximum Gasteiger partial charge on any atom is 0.258 e. The fraction of sp³-hybridized carbons (Fsp3) is 0.133. The lowest BCUT2D eigenvalue weighted by atomic mass is 9.92. The Bertz CT molecular complexity index is 1730. The Balaban J connectivity index is 1.55. The number of anilines is 1. The van der Waals surface area contributed by atoms with E-state index in [-0.39, 0.29) is 18.1 Å². The molecule has 0 fully saturated rings. The highest BCUT2D eigenvalue weighted by molar-refractivity contribution is 6.16. The molecule has 0 saturated carbocycles. The first-order valence-electron chi connectivity index (χ1n) is 11.9. The Morgan fingerprint density at radius 3 is 2.64 bits per heavy atom. The zero-order valence-corrected chi connectivity index (χ0v) is 20.1. The second kappa shape index (κ2) is 7.99. The van der Waals surface area contributed by atoms with E-state index in [2.05, 4.69) is 11.1 Å². The molecule has 178 valence electrons. The molecule has 0 saturated heterocycles. The monoisotopic (exact) mass is 475 g/mol. The SMILES string of the molecule is Cc1ccc2c(c1)C(=O)N(c1cccc(-c3ccc(CC(N)=O)c4[nH]c5cc(O)ccc5c34)c1C)C2. The molecule has 1 aliphatic rings. The Morgan fingerprint density at radius 2 is 1.83 bits per heavy atom. The molecule has 0 bridgehead atoms. The fourth-order valence-corrected chi connectivity index (χ4v) is 5.43. The molecule has 6 rings (SSSR count). The van der Waals surface area contributed by atoms with Crippen molar-refractivity contribution in [1.29, 1.82) is 0 Å². The second-order valence-electron chi connectivity index (χ2n) is 9.52. The van der Waals surface area contributed by atoms with Crippen molar-refractivity contribution in [2.75, 3.05) is 4.90 Å². The summed E-state index contributed by atoms with van der Waals surface area (Å²) >= 11 is 0. The number of aromatic hydroxyl groups is 1. The van der Waals surface area contributed by atoms with E-state index in [1.807, 2.05) is 67.3 Å². The number of rotatable bonds is 4. The molecule has 0 aliphatic carbocycles. The van der Waals surface area contributed by atoms with Gasteiger partial charge in [0.15, 0.2) is 0 Å². The van der Waals surface area contributed by atoms with Gasteiger partial charge in [0.25, 0.3) is 5.91 Å². The molecule has 1 aliphatic heterocycles. The maximum atomic E-state index is 13.3. The number of phenols is 1. The summed E-state index contributed by atoms with van der Waals surface area (Å²) in [4.78, 5) is 30.3. The highest BCUT2D eigenvalue weighted by atomic mass is 16.3. The van der Waals surface area contributed by atoms with Crippen LogP contribution in [0, 0.1) is 13.8 Å². The van der Waals surface area contributed by atoms with Gasteiger partial charge in [-0.15, -0.1) is 0 Å². The third-order valence-electron chi connectivity index (χ3n) is 7.14. The number of carbonyl (C=O) groups is 2. The third-order valence-corrected chi connectivity index (χ3v) is 7.14. The van der Waals surface area contributed by atoms with Crippen LogP contribution in [0.4, 0.5) is 5.69 Å². The van der Waals surface area contributed by atoms with E-state index in [0.29, 0.717) is 6.54 Å². The van der Waals surface area contributed by atoms with Gasteiger partial charge >= 0.3 is 0 Å². The molecule has 4 aromatic carbocycles. The number of amides is 2. The molecule has 0 atom stereocenters. The van der Waals surface area contributed by atoms with Crippen molar-refractivity contribution in [3.05, 3.63) is 94.5 Å². The predicted molar refractivity (Wildman–Crippen MR) is 142 cm³/mol. The largest absolute Gasteiger partial charge is 0.508 e. The summed E-state index contributed by atoms with van der Waals surface area (Å²) < 4.78 is 0. The maximum absolute atomic E-state index is 13.3. The zero-order valence-electron chi connectivity index (χ0n) is 20.1. The van der Waals surface area contributed by atoms with Crippen molar-refractivity contribution in [3.63, 3.8) is 0 Å². The van der Waals surface area contributed by atoms with Gasteiger partial charge in [-0.05, 0) is 65.9 Å². The van der Waals surface area contributed by atoms with E-state index < -0.39 is 5.91 Å². The quantitative estimate of drug-likeness (QED) is 0.320. The zero-order chi connectivity index (χ0) is 25.1. The summed E-state index contributed by atoms with van der Waals surface area (Å²) in [5, 5.41) is 11.9. The van der Waals surface area contributed by atoms with Gasteiger partial charge in [-0.2, -0.15) is 0 Å². The number of nitrogens with zero attached hydrogens (tertiary/aromatic N) is 1. The number of hydrogen-bond acceptors (Lipinski definition) is 3. The molecule has 0 spiro atoms. The van der Waals surface area contributed by atoms with Crippen LogP contribution in [0.15, 0.2) is 66.7 Å². The summed E-state index contributed by atoms with van der Waals surface area (Å²) in [5.41, 5.74) is 14.6. The standard InChI is InChI=1S/C30H25N3O3/c1-16-6-7-19-15-33(30(36)24(19)12-16)26-5-3-4-21(17(26)2)22-10-8-18(13-27(31)35)29-28(22)23-11-9-20(34)14-25(23)32-29/h3-12,14,32,34H,13,15H2,1-2H3,(H2,31,35). The van der Waals surface area contributed by atoms with Crippen molar-refractivity contribution in [2.24, 2.45) is 5.73 Å². The molecule has 5 aromatic rings. The molecule has 0 unspecified atom stereocenters. The molecule has 2 heterocycles. The Kier molecular flexibility index (Phi) is 4.86. The number of aromatic nitrogens is 1. The van der Waals surface area contributed by atoms with Gasteiger partial charge in [-0.3, -0.25) is 9.59 Å². The van der Waals surface area contributed by atoms with Crippen molar-refractivity contribution in [1.82, 2.24) is 4.98 Å². The molecule has 4 N–H and O–H groups in total. The van der Waals surface area contributed by atoms with Crippen molar-refractivity contribution < 1.29 is 14.7 Å². The average Bonchev–Trinajstić information content (AvgIpc) is 3.37. The molecular weight excluding hydrogens is 450 g/mol. The third kappa shape index (κ3) is 3.33. The topological polar surface area (TPSA) is 99.4 Å². The van der Waals surface area contributed by atoms with Crippen molar-refractivity contribution in [3.8, 4) is 16.9 Å². The number of nitrogens with one attached hydrogen (secondary N) is 1. The smallest absolute Gasteiger partial charge is 0.258 e. The molecule has 0 radical (unpaired) electrons. The number of carbonyl (C=O) groups excluding carboxylic acids is 2. The summed E-state index contributed by atoms with van der Waals surface area (Å²) in [7, 11) is 0. The van der Waals surface area contributed by atoms with Crippen molar-refractivity contribution >= 4 is 39.3 Å². The molecule has 36 heavy (non-hydrogen) atoms. The van der Waals surface area contributed by atoms with Gasteiger partial charge in [-0.1, -0.05) is 42.0 Å². The lowest BCUT2D eigenvalue weighted by Gasteiger charge is -2.21. The van der Waals surface area contributed by atoms with Crippen LogP contribution >= 0.6 is 0 Å². The highest BCUT2D eigenvalue weighted by Crippen LogP contribution is 2.41. The minimum absolute atomic E-state index is 0.0125. The van der Waals surface area contributed by atoms with Crippen LogP contribution in [0.3, 0.4) is 0 Å². The van der Waals surface area contributed by atoms with Gasteiger partial charge < -0.3 is 20.7 Å². The van der Waals surface area contributed by atoms with E-state index in [9.17, 15) is 14.7 Å². The first-order chi connectivity index (χ1) is 17.3. The van der Waals surface area contributed by atoms with E-state index in [1.54, 1.807) is 12.1 Å². The van der Waals surface area contributed by atoms with Crippen LogP contribution in [-0.4, -0.2) is 21.9 Å². The Morgan fingerprint density at radius 1 is 1.00 bits per heavy atom. The summed E-state index contributed by atoms with van der Waals surface area (Å²) in [6.45, 7) is 4.57. The number of hydrogen-bond donors (Lipinski definition) is 3. The average molecular weight is 476 g/mol. The predicted octanol–water partition coefficient (Wildman–Crippen LogP) is 5.50. The number of aromatic amines is 1. The normalized spacial score (nSPS) is 13.1.